The predicted octanol–water partition coefficient (Wildman–Crippen LogP) is 3.42. The van der Waals surface area contributed by atoms with Gasteiger partial charge in [0.1, 0.15) is 11.9 Å². The fourth-order valence-corrected chi connectivity index (χ4v) is 2.77. The molecule has 1 saturated heterocycles. The molecule has 0 aromatic carbocycles. The number of hydrogen-bond donors (Lipinski definition) is 1. The monoisotopic (exact) mass is 385 g/mol. The Labute approximate surface area is 157 Å². The van der Waals surface area contributed by atoms with Crippen LogP contribution in [0.4, 0.5) is 13.2 Å². The maximum absolute atomic E-state index is 12.2. The van der Waals surface area contributed by atoms with Gasteiger partial charge in [0.2, 0.25) is 5.91 Å². The van der Waals surface area contributed by atoms with Crippen molar-refractivity contribution in [3.8, 4) is 5.75 Å². The molecule has 2 heterocycles. The summed E-state index contributed by atoms with van der Waals surface area (Å²) >= 11 is 0. The van der Waals surface area contributed by atoms with E-state index < -0.39 is 24.9 Å². The van der Waals surface area contributed by atoms with E-state index in [1.54, 1.807) is 12.4 Å². The number of aromatic nitrogens is 1. The molecule has 0 aliphatic carbocycles. The lowest BCUT2D eigenvalue weighted by Gasteiger charge is -2.17. The van der Waals surface area contributed by atoms with E-state index in [-0.39, 0.29) is 6.10 Å². The normalized spacial score (nSPS) is 18.9. The van der Waals surface area contributed by atoms with Gasteiger partial charge in [-0.15, -0.1) is 0 Å². The van der Waals surface area contributed by atoms with Gasteiger partial charge in [0.05, 0.1) is 19.2 Å². The average Bonchev–Trinajstić information content (AvgIpc) is 3.07. The van der Waals surface area contributed by atoms with Gasteiger partial charge >= 0.3 is 6.18 Å². The van der Waals surface area contributed by atoms with E-state index in [0.717, 1.165) is 12.0 Å². The van der Waals surface area contributed by atoms with Crippen LogP contribution in [0.15, 0.2) is 24.5 Å². The summed E-state index contributed by atoms with van der Waals surface area (Å²) in [6.45, 7) is 2.80. The van der Waals surface area contributed by atoms with Crippen molar-refractivity contribution in [3.63, 3.8) is 0 Å². The highest BCUT2D eigenvalue weighted by Crippen LogP contribution is 2.24. The van der Waals surface area contributed by atoms with Gasteiger partial charge < -0.3 is 15.0 Å². The number of halogens is 3. The maximum Gasteiger partial charge on any atom is 0.389 e. The Hall–Kier alpha value is -2.09. The lowest BCUT2D eigenvalue weighted by Crippen LogP contribution is -2.31. The minimum atomic E-state index is -4.31. The van der Waals surface area contributed by atoms with E-state index in [4.69, 9.17) is 4.74 Å². The molecule has 27 heavy (non-hydrogen) atoms. The van der Waals surface area contributed by atoms with Crippen molar-refractivity contribution in [1.29, 1.82) is 0 Å². The van der Waals surface area contributed by atoms with Crippen molar-refractivity contribution in [3.05, 3.63) is 30.1 Å². The molecule has 1 N–H and O–H groups in total. The second kappa shape index (κ2) is 9.73. The Bertz CT molecular complexity index is 649. The van der Waals surface area contributed by atoms with Crippen LogP contribution in [0.25, 0.3) is 6.08 Å². The third kappa shape index (κ3) is 7.58. The number of carbonyl (C=O) groups is 1. The van der Waals surface area contributed by atoms with Crippen molar-refractivity contribution in [1.82, 2.24) is 15.2 Å². The first-order chi connectivity index (χ1) is 12.8. The van der Waals surface area contributed by atoms with E-state index in [1.165, 1.54) is 4.90 Å². The number of ether oxygens (including phenoxy) is 1. The van der Waals surface area contributed by atoms with E-state index in [9.17, 15) is 18.0 Å². The third-order valence-corrected chi connectivity index (χ3v) is 4.45. The van der Waals surface area contributed by atoms with Crippen LogP contribution in [0.1, 0.15) is 38.2 Å². The SMILES string of the molecule is CN[C@@H](C)C/C=C/c1cncc(O[C@@H]2CCN(C(=O)CCC(F)(F)F)C2)c1. The molecule has 0 saturated carbocycles. The van der Waals surface area contributed by atoms with Gasteiger partial charge in [-0.25, -0.2) is 0 Å². The third-order valence-electron chi connectivity index (χ3n) is 4.45. The number of nitrogens with one attached hydrogen (secondary N) is 1. The summed E-state index contributed by atoms with van der Waals surface area (Å²) in [5.74, 6) is 0.111. The van der Waals surface area contributed by atoms with Gasteiger partial charge in [0.15, 0.2) is 0 Å². The number of carbonyl (C=O) groups excluding carboxylic acids is 1. The standard InChI is InChI=1S/C19H26F3N3O2/c1-14(23-2)4-3-5-15-10-17(12-24-11-15)27-16-7-9-25(13-16)18(26)6-8-19(20,21)22/h3,5,10-12,14,16,23H,4,6-9,13H2,1-2H3/b5-3+/t14-,16+/m0/s1. The van der Waals surface area contributed by atoms with E-state index in [1.807, 2.05) is 19.2 Å². The highest BCUT2D eigenvalue weighted by atomic mass is 19.4. The molecule has 150 valence electrons. The summed E-state index contributed by atoms with van der Waals surface area (Å²) in [5.41, 5.74) is 0.909. The van der Waals surface area contributed by atoms with Crippen LogP contribution in [-0.2, 0) is 4.79 Å². The van der Waals surface area contributed by atoms with Crippen LogP contribution in [0.5, 0.6) is 5.75 Å². The number of amides is 1. The summed E-state index contributed by atoms with van der Waals surface area (Å²) in [6, 6.07) is 2.25. The largest absolute Gasteiger partial charge is 0.487 e. The summed E-state index contributed by atoms with van der Waals surface area (Å²) in [5, 5.41) is 3.16. The summed E-state index contributed by atoms with van der Waals surface area (Å²) in [6.07, 6.45) is 2.70. The number of likely N-dealkylation sites (tertiary alicyclic amines) is 1. The van der Waals surface area contributed by atoms with Gasteiger partial charge in [-0.1, -0.05) is 12.2 Å². The molecule has 5 nitrogen and oxygen atoms in total. The van der Waals surface area contributed by atoms with Gasteiger partial charge in [-0.2, -0.15) is 13.2 Å². The first kappa shape index (κ1) is 21.2. The number of alkyl halides is 3. The van der Waals surface area contributed by atoms with Crippen LogP contribution in [0, 0.1) is 0 Å². The number of hydrogen-bond acceptors (Lipinski definition) is 4. The zero-order valence-electron chi connectivity index (χ0n) is 15.6. The molecule has 2 rings (SSSR count). The minimum Gasteiger partial charge on any atom is -0.487 e. The van der Waals surface area contributed by atoms with Crippen LogP contribution in [0.3, 0.4) is 0 Å². The molecule has 1 amide bonds. The molecule has 0 unspecified atom stereocenters. The topological polar surface area (TPSA) is 54.5 Å². The molecular weight excluding hydrogens is 359 g/mol. The molecular formula is C19H26F3N3O2. The quantitative estimate of drug-likeness (QED) is 0.745. The maximum atomic E-state index is 12.2. The van der Waals surface area contributed by atoms with Crippen LogP contribution in [-0.4, -0.2) is 54.3 Å². The second-order valence-electron chi connectivity index (χ2n) is 6.77. The Morgan fingerprint density at radius 1 is 1.48 bits per heavy atom. The molecule has 0 spiro atoms. The lowest BCUT2D eigenvalue weighted by atomic mass is 10.2. The van der Waals surface area contributed by atoms with Gasteiger partial charge in [0, 0.05) is 31.6 Å². The van der Waals surface area contributed by atoms with Crippen LogP contribution < -0.4 is 10.1 Å². The van der Waals surface area contributed by atoms with E-state index in [0.29, 0.717) is 31.3 Å². The number of nitrogens with zero attached hydrogens (tertiary/aromatic N) is 2. The number of rotatable bonds is 8. The van der Waals surface area contributed by atoms with Gasteiger partial charge in [0.25, 0.3) is 0 Å². The Morgan fingerprint density at radius 2 is 2.26 bits per heavy atom. The molecule has 0 bridgehead atoms. The first-order valence-corrected chi connectivity index (χ1v) is 9.07. The summed E-state index contributed by atoms with van der Waals surface area (Å²) in [4.78, 5) is 17.5. The van der Waals surface area contributed by atoms with E-state index in [2.05, 4.69) is 23.3 Å². The zero-order valence-corrected chi connectivity index (χ0v) is 15.6. The van der Waals surface area contributed by atoms with Crippen molar-refractivity contribution in [2.45, 2.75) is 50.9 Å². The number of pyridine rings is 1. The van der Waals surface area contributed by atoms with Crippen molar-refractivity contribution in [2.75, 3.05) is 20.1 Å². The van der Waals surface area contributed by atoms with Gasteiger partial charge in [-0.3, -0.25) is 9.78 Å². The molecule has 1 aromatic rings. The molecule has 0 radical (unpaired) electrons. The molecule has 1 aliphatic heterocycles. The zero-order chi connectivity index (χ0) is 19.9. The second-order valence-corrected chi connectivity index (χ2v) is 6.77. The Kier molecular flexibility index (Phi) is 7.65. The van der Waals surface area contributed by atoms with Crippen LogP contribution in [0.2, 0.25) is 0 Å². The van der Waals surface area contributed by atoms with Crippen molar-refractivity contribution >= 4 is 12.0 Å². The van der Waals surface area contributed by atoms with Crippen LogP contribution >= 0.6 is 0 Å². The highest BCUT2D eigenvalue weighted by Gasteiger charge is 2.32. The smallest absolute Gasteiger partial charge is 0.389 e. The Morgan fingerprint density at radius 3 is 2.96 bits per heavy atom. The molecule has 8 heteroatoms. The predicted molar refractivity (Wildman–Crippen MR) is 97.3 cm³/mol. The first-order valence-electron chi connectivity index (χ1n) is 9.07. The minimum absolute atomic E-state index is 0.231. The fourth-order valence-electron chi connectivity index (χ4n) is 2.77. The van der Waals surface area contributed by atoms with Crippen molar-refractivity contribution in [2.24, 2.45) is 0 Å². The molecule has 1 fully saturated rings. The molecule has 2 atom stereocenters. The van der Waals surface area contributed by atoms with Gasteiger partial charge in [-0.05, 0) is 32.0 Å². The molecule has 1 aliphatic rings. The highest BCUT2D eigenvalue weighted by molar-refractivity contribution is 5.76. The van der Waals surface area contributed by atoms with Crippen molar-refractivity contribution < 1.29 is 22.7 Å². The average molecular weight is 385 g/mol. The van der Waals surface area contributed by atoms with E-state index >= 15 is 0 Å². The summed E-state index contributed by atoms with van der Waals surface area (Å²) in [7, 11) is 1.91. The lowest BCUT2D eigenvalue weighted by molar-refractivity contribution is -0.148. The summed E-state index contributed by atoms with van der Waals surface area (Å²) < 4.78 is 42.6. The Balaban J connectivity index is 1.84. The molecule has 1 aromatic heterocycles. The fraction of sp³-hybridized carbons (Fsp3) is 0.579.